The van der Waals surface area contributed by atoms with E-state index in [0.29, 0.717) is 11.3 Å². The Morgan fingerprint density at radius 3 is 2.60 bits per heavy atom. The molecule has 2 aromatic carbocycles. The predicted octanol–water partition coefficient (Wildman–Crippen LogP) is 4.74. The normalized spacial score (nSPS) is 10.3. The molecule has 0 heterocycles. The largest absolute Gasteiger partial charge is 0.450 e. The van der Waals surface area contributed by atoms with Crippen molar-refractivity contribution in [2.24, 2.45) is 0 Å². The molecule has 0 radical (unpaired) electrons. The molecule has 20 heavy (non-hydrogen) atoms. The highest BCUT2D eigenvalue weighted by Crippen LogP contribution is 2.34. The van der Waals surface area contributed by atoms with Crippen LogP contribution in [0.25, 0.3) is 0 Å². The molecule has 0 saturated heterocycles. The van der Waals surface area contributed by atoms with Crippen LogP contribution in [0.15, 0.2) is 36.4 Å². The molecule has 0 spiro atoms. The van der Waals surface area contributed by atoms with Crippen LogP contribution in [0.1, 0.15) is 16.7 Å². The van der Waals surface area contributed by atoms with Crippen molar-refractivity contribution in [1.82, 2.24) is 0 Å². The first-order chi connectivity index (χ1) is 9.52. The Hall–Kier alpha value is -2.07. The summed E-state index contributed by atoms with van der Waals surface area (Å²) in [5.41, 5.74) is 2.64. The number of nitrogens with zero attached hydrogens (tertiary/aromatic N) is 1. The molecule has 104 valence electrons. The van der Waals surface area contributed by atoms with Gasteiger partial charge in [-0.25, -0.2) is 0 Å². The lowest BCUT2D eigenvalue weighted by Gasteiger charge is -2.11. The summed E-state index contributed by atoms with van der Waals surface area (Å²) in [5, 5.41) is 11.1. The average molecular weight is 292 g/mol. The van der Waals surface area contributed by atoms with Crippen LogP contribution in [0, 0.1) is 24.0 Å². The van der Waals surface area contributed by atoms with E-state index in [1.165, 1.54) is 6.07 Å². The van der Waals surface area contributed by atoms with E-state index in [4.69, 9.17) is 16.3 Å². The van der Waals surface area contributed by atoms with Gasteiger partial charge in [-0.05, 0) is 42.7 Å². The summed E-state index contributed by atoms with van der Waals surface area (Å²) >= 11 is 5.70. The summed E-state index contributed by atoms with van der Waals surface area (Å²) in [4.78, 5) is 10.7. The van der Waals surface area contributed by atoms with Gasteiger partial charge in [-0.2, -0.15) is 0 Å². The zero-order chi connectivity index (χ0) is 14.7. The second-order valence-corrected chi connectivity index (χ2v) is 4.76. The summed E-state index contributed by atoms with van der Waals surface area (Å²) in [6.07, 6.45) is 0. The van der Waals surface area contributed by atoms with Gasteiger partial charge in [-0.3, -0.25) is 10.1 Å². The minimum absolute atomic E-state index is 0.0796. The number of benzene rings is 2. The van der Waals surface area contributed by atoms with Crippen molar-refractivity contribution < 1.29 is 9.66 Å². The molecule has 0 aliphatic heterocycles. The van der Waals surface area contributed by atoms with Crippen LogP contribution in [0.4, 0.5) is 5.69 Å². The minimum atomic E-state index is -0.462. The molecule has 0 saturated carbocycles. The molecule has 0 bridgehead atoms. The van der Waals surface area contributed by atoms with Crippen LogP contribution in [0.5, 0.6) is 11.5 Å². The molecule has 5 heteroatoms. The van der Waals surface area contributed by atoms with Crippen molar-refractivity contribution in [3.8, 4) is 11.5 Å². The Bertz CT molecular complexity index is 656. The number of hydrogen-bond donors (Lipinski definition) is 0. The third-order valence-electron chi connectivity index (χ3n) is 3.15. The predicted molar refractivity (Wildman–Crippen MR) is 78.6 cm³/mol. The quantitative estimate of drug-likeness (QED) is 0.464. The molecular formula is C15H14ClNO3. The van der Waals surface area contributed by atoms with Gasteiger partial charge in [0.2, 0.25) is 5.75 Å². The fourth-order valence-corrected chi connectivity index (χ4v) is 1.99. The van der Waals surface area contributed by atoms with E-state index in [2.05, 4.69) is 0 Å². The number of hydrogen-bond acceptors (Lipinski definition) is 3. The summed E-state index contributed by atoms with van der Waals surface area (Å²) in [6, 6.07) is 10.4. The van der Waals surface area contributed by atoms with Crippen LogP contribution in [0.3, 0.4) is 0 Å². The highest BCUT2D eigenvalue weighted by Gasteiger charge is 2.17. The highest BCUT2D eigenvalue weighted by atomic mass is 35.5. The molecule has 0 aliphatic rings. The third-order valence-corrected chi connectivity index (χ3v) is 3.46. The number of nitro groups is 1. The number of halogens is 1. The smallest absolute Gasteiger partial charge is 0.311 e. The maximum atomic E-state index is 11.1. The molecule has 0 fully saturated rings. The molecule has 0 aliphatic carbocycles. The highest BCUT2D eigenvalue weighted by molar-refractivity contribution is 6.17. The molecule has 0 unspecified atom stereocenters. The molecule has 0 amide bonds. The third kappa shape index (κ3) is 2.91. The molecule has 0 N–H and O–H groups in total. The molecule has 2 aromatic rings. The SMILES string of the molecule is Cc1cccc(Oc2ccc(CCl)cc2[N+](=O)[O-])c1C. The topological polar surface area (TPSA) is 52.4 Å². The average Bonchev–Trinajstić information content (AvgIpc) is 2.44. The summed E-state index contributed by atoms with van der Waals surface area (Å²) < 4.78 is 5.70. The molecular weight excluding hydrogens is 278 g/mol. The van der Waals surface area contributed by atoms with Crippen molar-refractivity contribution in [3.05, 3.63) is 63.2 Å². The van der Waals surface area contributed by atoms with E-state index in [-0.39, 0.29) is 17.3 Å². The van der Waals surface area contributed by atoms with Crippen molar-refractivity contribution in [1.29, 1.82) is 0 Å². The van der Waals surface area contributed by atoms with E-state index < -0.39 is 4.92 Å². The van der Waals surface area contributed by atoms with Gasteiger partial charge in [0.05, 0.1) is 4.92 Å². The second kappa shape index (κ2) is 5.92. The van der Waals surface area contributed by atoms with Gasteiger partial charge >= 0.3 is 5.69 Å². The Labute approximate surface area is 122 Å². The maximum Gasteiger partial charge on any atom is 0.311 e. The Morgan fingerprint density at radius 1 is 1.20 bits per heavy atom. The molecule has 0 atom stereocenters. The standard InChI is InChI=1S/C15H14ClNO3/c1-10-4-3-5-14(11(10)2)20-15-7-6-12(9-16)8-13(15)17(18)19/h3-8H,9H2,1-2H3. The lowest BCUT2D eigenvalue weighted by atomic mass is 10.1. The van der Waals surface area contributed by atoms with Crippen LogP contribution < -0.4 is 4.74 Å². The Morgan fingerprint density at radius 2 is 1.95 bits per heavy atom. The van der Waals surface area contributed by atoms with Gasteiger partial charge in [0.15, 0.2) is 0 Å². The first-order valence-electron chi connectivity index (χ1n) is 6.10. The molecule has 0 aromatic heterocycles. The van der Waals surface area contributed by atoms with Gasteiger partial charge in [0, 0.05) is 11.9 Å². The van der Waals surface area contributed by atoms with Crippen LogP contribution in [-0.2, 0) is 5.88 Å². The van der Waals surface area contributed by atoms with Crippen LogP contribution in [-0.4, -0.2) is 4.92 Å². The summed E-state index contributed by atoms with van der Waals surface area (Å²) in [7, 11) is 0. The van der Waals surface area contributed by atoms with Crippen molar-refractivity contribution in [3.63, 3.8) is 0 Å². The maximum absolute atomic E-state index is 11.1. The van der Waals surface area contributed by atoms with E-state index in [1.54, 1.807) is 18.2 Å². The van der Waals surface area contributed by atoms with E-state index >= 15 is 0 Å². The monoisotopic (exact) mass is 291 g/mol. The van der Waals surface area contributed by atoms with E-state index in [1.807, 2.05) is 26.0 Å². The van der Waals surface area contributed by atoms with Gasteiger partial charge in [-0.1, -0.05) is 18.2 Å². The Kier molecular flexibility index (Phi) is 4.25. The van der Waals surface area contributed by atoms with Gasteiger partial charge in [0.1, 0.15) is 5.75 Å². The minimum Gasteiger partial charge on any atom is -0.450 e. The number of aryl methyl sites for hydroxylation is 1. The lowest BCUT2D eigenvalue weighted by Crippen LogP contribution is -1.96. The van der Waals surface area contributed by atoms with Gasteiger partial charge < -0.3 is 4.74 Å². The number of nitro benzene ring substituents is 1. The van der Waals surface area contributed by atoms with Gasteiger partial charge in [0.25, 0.3) is 0 Å². The summed E-state index contributed by atoms with van der Waals surface area (Å²) in [6.45, 7) is 3.89. The zero-order valence-electron chi connectivity index (χ0n) is 11.2. The number of alkyl halides is 1. The fourth-order valence-electron chi connectivity index (χ4n) is 1.83. The Balaban J connectivity index is 2.43. The van der Waals surface area contributed by atoms with E-state index in [9.17, 15) is 10.1 Å². The fraction of sp³-hybridized carbons (Fsp3) is 0.200. The number of rotatable bonds is 4. The lowest BCUT2D eigenvalue weighted by molar-refractivity contribution is -0.385. The first kappa shape index (κ1) is 14.3. The number of ether oxygens (including phenoxy) is 1. The van der Waals surface area contributed by atoms with Crippen molar-refractivity contribution >= 4 is 17.3 Å². The second-order valence-electron chi connectivity index (χ2n) is 4.49. The molecule has 2 rings (SSSR count). The summed E-state index contributed by atoms with van der Waals surface area (Å²) in [5.74, 6) is 1.06. The first-order valence-corrected chi connectivity index (χ1v) is 6.63. The van der Waals surface area contributed by atoms with Crippen molar-refractivity contribution in [2.75, 3.05) is 0 Å². The van der Waals surface area contributed by atoms with Crippen molar-refractivity contribution in [2.45, 2.75) is 19.7 Å². The molecule has 4 nitrogen and oxygen atoms in total. The van der Waals surface area contributed by atoms with Crippen LogP contribution in [0.2, 0.25) is 0 Å². The zero-order valence-corrected chi connectivity index (χ0v) is 12.0. The van der Waals surface area contributed by atoms with Gasteiger partial charge in [-0.15, -0.1) is 11.6 Å². The van der Waals surface area contributed by atoms with Crippen LogP contribution >= 0.6 is 11.6 Å². The van der Waals surface area contributed by atoms with E-state index in [0.717, 1.165) is 11.1 Å².